The largest absolute Gasteiger partial charge is 0.508 e. The maximum atomic E-state index is 12.1. The number of phenolic OH excluding ortho intramolecular Hbond substituents is 2. The third-order valence-electron chi connectivity index (χ3n) is 3.71. The van der Waals surface area contributed by atoms with E-state index in [1.165, 1.54) is 34.5 Å². The van der Waals surface area contributed by atoms with E-state index in [1.807, 2.05) is 0 Å². The third kappa shape index (κ3) is 3.02. The monoisotopic (exact) mass is 360 g/mol. The normalized spacial score (nSPS) is 11.5. The summed E-state index contributed by atoms with van der Waals surface area (Å²) in [6, 6.07) is 4.01. The van der Waals surface area contributed by atoms with Crippen molar-refractivity contribution in [2.45, 2.75) is 6.54 Å². The zero-order chi connectivity index (χ0) is 18.8. The number of imidazole rings is 1. The summed E-state index contributed by atoms with van der Waals surface area (Å²) in [5.74, 6) is -0.119. The first-order valence-electron chi connectivity index (χ1n) is 7.54. The fraction of sp³-hybridized carbons (Fsp3) is 0.200. The number of benzene rings is 1. The smallest absolute Gasteiger partial charge is 0.329 e. The Kier molecular flexibility index (Phi) is 4.45. The van der Waals surface area contributed by atoms with Crippen molar-refractivity contribution < 1.29 is 15.3 Å². The van der Waals surface area contributed by atoms with Crippen molar-refractivity contribution in [3.8, 4) is 11.5 Å². The van der Waals surface area contributed by atoms with Crippen molar-refractivity contribution in [2.24, 2.45) is 12.1 Å². The molecule has 0 atom stereocenters. The quantitative estimate of drug-likeness (QED) is 0.296. The number of hydrazone groups is 1. The minimum absolute atomic E-state index is 0.0557. The van der Waals surface area contributed by atoms with Crippen LogP contribution < -0.4 is 16.7 Å². The number of rotatable bonds is 5. The summed E-state index contributed by atoms with van der Waals surface area (Å²) < 4.78 is 2.56. The number of fused-ring (bicyclic) bond motifs is 1. The minimum atomic E-state index is -0.628. The number of nitrogens with one attached hydrogen (secondary N) is 2. The predicted molar refractivity (Wildman–Crippen MR) is 93.7 cm³/mol. The number of anilines is 1. The number of aromatic nitrogens is 4. The Morgan fingerprint density at radius 3 is 2.81 bits per heavy atom. The molecule has 0 spiro atoms. The second kappa shape index (κ2) is 6.72. The molecule has 0 fully saturated rings. The summed E-state index contributed by atoms with van der Waals surface area (Å²) in [5.41, 5.74) is 1.97. The molecule has 2 heterocycles. The number of aromatic hydroxyl groups is 2. The number of nitrogens with zero attached hydrogens (tertiary/aromatic N) is 4. The van der Waals surface area contributed by atoms with Gasteiger partial charge in [-0.1, -0.05) is 0 Å². The van der Waals surface area contributed by atoms with Crippen LogP contribution in [0.2, 0.25) is 0 Å². The van der Waals surface area contributed by atoms with Gasteiger partial charge in [-0.05, 0) is 12.1 Å². The Balaban J connectivity index is 2.02. The molecular weight excluding hydrogens is 344 g/mol. The summed E-state index contributed by atoms with van der Waals surface area (Å²) in [6.45, 7) is -0.203. The van der Waals surface area contributed by atoms with E-state index in [9.17, 15) is 24.9 Å². The molecule has 0 amide bonds. The first-order chi connectivity index (χ1) is 12.4. The zero-order valence-electron chi connectivity index (χ0n) is 13.7. The lowest BCUT2D eigenvalue weighted by Gasteiger charge is -2.05. The molecule has 0 radical (unpaired) electrons. The molecule has 0 aliphatic carbocycles. The molecule has 3 rings (SSSR count). The Bertz CT molecular complexity index is 1110. The molecule has 0 aliphatic heterocycles. The van der Waals surface area contributed by atoms with Crippen molar-refractivity contribution in [2.75, 3.05) is 12.0 Å². The fourth-order valence-electron chi connectivity index (χ4n) is 2.44. The highest BCUT2D eigenvalue weighted by Gasteiger charge is 2.16. The van der Waals surface area contributed by atoms with Crippen LogP contribution in [0, 0.1) is 0 Å². The molecule has 1 aromatic carbocycles. The molecule has 5 N–H and O–H groups in total. The number of H-pyrrole nitrogens is 1. The van der Waals surface area contributed by atoms with Crippen LogP contribution in [0.4, 0.5) is 5.95 Å². The Labute approximate surface area is 145 Å². The molecule has 0 saturated carbocycles. The molecule has 11 nitrogen and oxygen atoms in total. The summed E-state index contributed by atoms with van der Waals surface area (Å²) in [4.78, 5) is 30.2. The lowest BCUT2D eigenvalue weighted by molar-refractivity contribution is 0.278. The van der Waals surface area contributed by atoms with E-state index in [2.05, 4.69) is 20.5 Å². The fourth-order valence-corrected chi connectivity index (χ4v) is 2.44. The second-order valence-corrected chi connectivity index (χ2v) is 5.41. The van der Waals surface area contributed by atoms with Crippen molar-refractivity contribution in [1.82, 2.24) is 19.1 Å². The number of aliphatic hydroxyl groups excluding tert-OH is 1. The van der Waals surface area contributed by atoms with E-state index in [1.54, 1.807) is 0 Å². The van der Waals surface area contributed by atoms with Crippen molar-refractivity contribution in [3.05, 3.63) is 44.6 Å². The average molecular weight is 360 g/mol. The van der Waals surface area contributed by atoms with Crippen LogP contribution in [0.25, 0.3) is 11.2 Å². The van der Waals surface area contributed by atoms with Gasteiger partial charge >= 0.3 is 5.69 Å². The highest BCUT2D eigenvalue weighted by molar-refractivity contribution is 5.84. The highest BCUT2D eigenvalue weighted by Crippen LogP contribution is 2.21. The maximum Gasteiger partial charge on any atom is 0.329 e. The van der Waals surface area contributed by atoms with Crippen molar-refractivity contribution in [1.29, 1.82) is 0 Å². The number of phenols is 2. The lowest BCUT2D eigenvalue weighted by Crippen LogP contribution is -2.29. The van der Waals surface area contributed by atoms with Gasteiger partial charge in [-0.3, -0.25) is 14.3 Å². The molecule has 2 aromatic heterocycles. The van der Waals surface area contributed by atoms with Crippen LogP contribution >= 0.6 is 0 Å². The first kappa shape index (κ1) is 17.2. The molecule has 0 unspecified atom stereocenters. The van der Waals surface area contributed by atoms with Gasteiger partial charge in [0.25, 0.3) is 5.56 Å². The van der Waals surface area contributed by atoms with E-state index >= 15 is 0 Å². The third-order valence-corrected chi connectivity index (χ3v) is 3.71. The van der Waals surface area contributed by atoms with E-state index in [0.29, 0.717) is 5.56 Å². The first-order valence-corrected chi connectivity index (χ1v) is 7.54. The standard InChI is InChI=1S/C15H16N6O5/c1-20-12-11(13(25)18-15(20)26)21(4-5-22)14(17-12)19-16-7-8-2-3-9(23)6-10(8)24/h2-3,6-7,22-24H,4-5H2,1H3,(H,17,19)(H,18,25,26)/b16-7+. The maximum absolute atomic E-state index is 12.1. The Morgan fingerprint density at radius 1 is 1.35 bits per heavy atom. The van der Waals surface area contributed by atoms with Gasteiger partial charge in [-0.15, -0.1) is 0 Å². The van der Waals surface area contributed by atoms with Gasteiger partial charge in [0.1, 0.15) is 11.5 Å². The topological polar surface area (TPSA) is 158 Å². The molecule has 26 heavy (non-hydrogen) atoms. The highest BCUT2D eigenvalue weighted by atomic mass is 16.3. The SMILES string of the molecule is Cn1c(=O)[nH]c(=O)c2c1nc(N/N=C/c1ccc(O)cc1O)n2CCO. The van der Waals surface area contributed by atoms with Gasteiger partial charge in [0, 0.05) is 25.2 Å². The van der Waals surface area contributed by atoms with Gasteiger partial charge in [-0.2, -0.15) is 10.1 Å². The van der Waals surface area contributed by atoms with Crippen molar-refractivity contribution in [3.63, 3.8) is 0 Å². The van der Waals surface area contributed by atoms with E-state index in [4.69, 9.17) is 0 Å². The summed E-state index contributed by atoms with van der Waals surface area (Å²) in [5, 5.41) is 32.2. The van der Waals surface area contributed by atoms with E-state index in [0.717, 1.165) is 6.07 Å². The number of aryl methyl sites for hydroxylation is 1. The van der Waals surface area contributed by atoms with Gasteiger partial charge < -0.3 is 19.9 Å². The Morgan fingerprint density at radius 2 is 2.12 bits per heavy atom. The molecule has 0 aliphatic rings. The molecule has 0 bridgehead atoms. The van der Waals surface area contributed by atoms with E-state index in [-0.39, 0.29) is 41.8 Å². The summed E-state index contributed by atoms with van der Waals surface area (Å²) in [6.07, 6.45) is 1.29. The number of hydrogen-bond acceptors (Lipinski definition) is 8. The van der Waals surface area contributed by atoms with Crippen LogP contribution in [0.15, 0.2) is 32.9 Å². The van der Waals surface area contributed by atoms with Crippen LogP contribution in [-0.4, -0.2) is 47.2 Å². The lowest BCUT2D eigenvalue weighted by atomic mass is 10.2. The zero-order valence-corrected chi connectivity index (χ0v) is 13.7. The number of aromatic amines is 1. The summed E-state index contributed by atoms with van der Waals surface area (Å²) >= 11 is 0. The van der Waals surface area contributed by atoms with Gasteiger partial charge in [0.2, 0.25) is 5.95 Å². The molecule has 3 aromatic rings. The molecule has 11 heteroatoms. The molecule has 136 valence electrons. The van der Waals surface area contributed by atoms with Gasteiger partial charge in [0.05, 0.1) is 12.8 Å². The molecular formula is C15H16N6O5. The van der Waals surface area contributed by atoms with Crippen molar-refractivity contribution >= 4 is 23.3 Å². The van der Waals surface area contributed by atoms with Crippen LogP contribution in [-0.2, 0) is 13.6 Å². The molecule has 0 saturated heterocycles. The Hall–Kier alpha value is -3.60. The second-order valence-electron chi connectivity index (χ2n) is 5.41. The minimum Gasteiger partial charge on any atom is -0.508 e. The van der Waals surface area contributed by atoms with Crippen LogP contribution in [0.1, 0.15) is 5.56 Å². The average Bonchev–Trinajstić information content (AvgIpc) is 2.94. The van der Waals surface area contributed by atoms with E-state index < -0.39 is 11.2 Å². The van der Waals surface area contributed by atoms with Crippen LogP contribution in [0.3, 0.4) is 0 Å². The number of hydrogen-bond donors (Lipinski definition) is 5. The van der Waals surface area contributed by atoms with Crippen LogP contribution in [0.5, 0.6) is 11.5 Å². The van der Waals surface area contributed by atoms with Gasteiger partial charge in [0.15, 0.2) is 11.2 Å². The van der Waals surface area contributed by atoms with Gasteiger partial charge in [-0.25, -0.2) is 10.2 Å². The summed E-state index contributed by atoms with van der Waals surface area (Å²) in [7, 11) is 1.46. The number of aliphatic hydroxyl groups is 1. The predicted octanol–water partition coefficient (Wildman–Crippen LogP) is -0.727.